The lowest BCUT2D eigenvalue weighted by Crippen LogP contribution is -2.56. The van der Waals surface area contributed by atoms with Crippen LogP contribution in [0, 0.1) is 0 Å². The topological polar surface area (TPSA) is 0 Å². The van der Waals surface area contributed by atoms with Crippen molar-refractivity contribution in [3.8, 4) is 44.5 Å². The lowest BCUT2D eigenvalue weighted by Gasteiger charge is -2.29. The highest BCUT2D eigenvalue weighted by atomic mass is 14.3. The summed E-state index contributed by atoms with van der Waals surface area (Å²) in [6.07, 6.45) is 0. The maximum atomic E-state index is 2.44. The summed E-state index contributed by atoms with van der Waals surface area (Å²) in [6.45, 7) is 0. The van der Waals surface area contributed by atoms with E-state index < -0.39 is 0 Å². The third kappa shape index (κ3) is 4.51. The second-order valence-electron chi connectivity index (χ2n) is 17.0. The predicted molar refractivity (Wildman–Crippen MR) is 300 cm³/mol. The van der Waals surface area contributed by atoms with Crippen LogP contribution in [0.4, 0.5) is 0 Å². The van der Waals surface area contributed by atoms with Crippen molar-refractivity contribution >= 4 is 288 Å². The predicted octanol–water partition coefficient (Wildman–Crippen LogP) is -25.9. The first-order valence-corrected chi connectivity index (χ1v) is 19.5. The summed E-state index contributed by atoms with van der Waals surface area (Å²) < 4.78 is 0. The average molecular weight is 641 g/mol. The first-order valence-electron chi connectivity index (χ1n) is 19.5. The van der Waals surface area contributed by atoms with Gasteiger partial charge in [0.25, 0.3) is 0 Å². The maximum absolute atomic E-state index is 2.44. The SMILES string of the molecule is Bc1c(B)c(B)c(-c2c(B)c(B)c3c(c2B)-c2c(B)c(B)c(B)c4c(-c5c(B)c(B)c(B)c(B)c5B)c5c(B)c(B)c(B)c(B)c5c-3c24)c(B)c1B. The van der Waals surface area contributed by atoms with Crippen molar-refractivity contribution in [3.63, 3.8) is 0 Å². The molecular weight excluding hydrogens is 601 g/mol. The molecule has 1 aliphatic rings. The van der Waals surface area contributed by atoms with Crippen molar-refractivity contribution in [1.82, 2.24) is 0 Å². The van der Waals surface area contributed by atoms with Gasteiger partial charge in [-0.25, -0.2) is 0 Å². The van der Waals surface area contributed by atoms with Crippen LogP contribution in [0.3, 0.4) is 0 Å². The number of hydrogen-bond donors (Lipinski definition) is 0. The number of fused-ring (bicyclic) bond motifs is 5. The summed E-state index contributed by atoms with van der Waals surface area (Å²) in [6, 6.07) is 0. The molecule has 6 aromatic carbocycles. The summed E-state index contributed by atoms with van der Waals surface area (Å²) in [7, 11) is 47.4. The Morgan fingerprint density at radius 3 is 0.712 bits per heavy atom. The zero-order valence-corrected chi connectivity index (χ0v) is 36.0. The summed E-state index contributed by atoms with van der Waals surface area (Å²) in [5.41, 5.74) is 40.1. The Morgan fingerprint density at radius 1 is 0.115 bits per heavy atom. The fourth-order valence-corrected chi connectivity index (χ4v) is 10.6. The van der Waals surface area contributed by atoms with E-state index in [0.717, 1.165) is 0 Å². The highest BCUT2D eigenvalue weighted by Gasteiger charge is 2.35. The highest BCUT2D eigenvalue weighted by Crippen LogP contribution is 2.50. The molecule has 0 saturated carbocycles. The van der Waals surface area contributed by atoms with E-state index in [9.17, 15) is 0 Å². The monoisotopic (exact) mass is 644 g/mol. The largest absolute Gasteiger partial charge is 0.140 e. The van der Waals surface area contributed by atoms with Crippen molar-refractivity contribution in [3.05, 3.63) is 0 Å². The normalized spacial score (nSPS) is 11.8. The molecule has 0 atom stereocenters. The molecule has 0 radical (unpaired) electrons. The molecule has 0 N–H and O–H groups in total. The van der Waals surface area contributed by atoms with E-state index in [4.69, 9.17) is 0 Å². The molecule has 1 aliphatic carbocycles. The van der Waals surface area contributed by atoms with Crippen molar-refractivity contribution in [1.29, 1.82) is 0 Å². The Hall–Kier alpha value is -2.86. The molecule has 0 spiro atoms. The van der Waals surface area contributed by atoms with Crippen LogP contribution in [0.25, 0.3) is 66.1 Å². The molecule has 0 aromatic heterocycles. The van der Waals surface area contributed by atoms with Crippen molar-refractivity contribution in [2.75, 3.05) is 0 Å². The van der Waals surface area contributed by atoms with E-state index in [-0.39, 0.29) is 0 Å². The van der Waals surface area contributed by atoms with Gasteiger partial charge in [-0.05, 0) is 66.1 Å². The summed E-state index contributed by atoms with van der Waals surface area (Å²) in [5.74, 6) is 0. The molecule has 0 aliphatic heterocycles. The van der Waals surface area contributed by atoms with Gasteiger partial charge in [0.1, 0.15) is 157 Å². The zero-order chi connectivity index (χ0) is 38.5. The molecular formula is C32H40B20. The first kappa shape index (κ1) is 37.5. The molecule has 0 heterocycles. The van der Waals surface area contributed by atoms with Crippen LogP contribution in [-0.4, -0.2) is 157 Å². The molecule has 6 aromatic rings. The molecule has 0 amide bonds. The maximum Gasteiger partial charge on any atom is 0.140 e. The average Bonchev–Trinajstić information content (AvgIpc) is 3.47. The van der Waals surface area contributed by atoms with Crippen LogP contribution in [0.2, 0.25) is 0 Å². The van der Waals surface area contributed by atoms with Gasteiger partial charge >= 0.3 is 0 Å². The Balaban J connectivity index is 1.85. The van der Waals surface area contributed by atoms with Crippen molar-refractivity contribution < 1.29 is 0 Å². The Kier molecular flexibility index (Phi) is 8.88. The minimum absolute atomic E-state index is 1.42. The molecule has 7 rings (SSSR count). The Morgan fingerprint density at radius 2 is 0.308 bits per heavy atom. The van der Waals surface area contributed by atoms with Crippen molar-refractivity contribution in [2.45, 2.75) is 0 Å². The van der Waals surface area contributed by atoms with E-state index in [2.05, 4.69) is 157 Å². The van der Waals surface area contributed by atoms with E-state index >= 15 is 0 Å². The second kappa shape index (κ2) is 12.3. The standard InChI is InChI=1S/C32H40B20/c33-13-9-6(14(34)19(39)11(13)12-22(42)29(49)32(52)30(50)23(12)43)2-1-4(15(35)24(44)16(36)7(1)9)3(8-5(2)17(37)25(45)26(46)18(8)38)10-20(40)27(47)31(51)28(48)21(10)41/h33-52H2. The minimum Gasteiger partial charge on any atom is -0.102 e. The lowest BCUT2D eigenvalue weighted by atomic mass is 9.56. The summed E-state index contributed by atoms with van der Waals surface area (Å²) >= 11 is 0. The number of hydrogen-bond acceptors (Lipinski definition) is 0. The molecule has 0 nitrogen and oxygen atoms in total. The number of rotatable bonds is 2. The van der Waals surface area contributed by atoms with Gasteiger partial charge in [0.2, 0.25) is 0 Å². The summed E-state index contributed by atoms with van der Waals surface area (Å²) in [4.78, 5) is 0. The molecule has 0 bridgehead atoms. The van der Waals surface area contributed by atoms with E-state index in [1.54, 1.807) is 0 Å². The summed E-state index contributed by atoms with van der Waals surface area (Å²) in [5, 5.41) is 5.86. The first-order chi connectivity index (χ1) is 24.2. The minimum atomic E-state index is 1.42. The van der Waals surface area contributed by atoms with Gasteiger partial charge in [0, 0.05) is 0 Å². The number of benzene rings is 6. The van der Waals surface area contributed by atoms with Crippen molar-refractivity contribution in [2.24, 2.45) is 0 Å². The van der Waals surface area contributed by atoms with Gasteiger partial charge in [0.05, 0.1) is 0 Å². The third-order valence-corrected chi connectivity index (χ3v) is 15.4. The Labute approximate surface area is 330 Å². The van der Waals surface area contributed by atoms with Crippen LogP contribution in [0.5, 0.6) is 0 Å². The van der Waals surface area contributed by atoms with Gasteiger partial charge in [-0.2, -0.15) is 0 Å². The van der Waals surface area contributed by atoms with E-state index in [1.807, 2.05) is 0 Å². The zero-order valence-electron chi connectivity index (χ0n) is 36.0. The van der Waals surface area contributed by atoms with Crippen LogP contribution >= 0.6 is 0 Å². The lowest BCUT2D eigenvalue weighted by molar-refractivity contribution is 1.83. The van der Waals surface area contributed by atoms with Crippen LogP contribution < -0.4 is 109 Å². The third-order valence-electron chi connectivity index (χ3n) is 15.4. The smallest absolute Gasteiger partial charge is 0.102 e. The highest BCUT2D eigenvalue weighted by molar-refractivity contribution is 6.75. The van der Waals surface area contributed by atoms with Gasteiger partial charge in [-0.15, -0.1) is 49.2 Å². The van der Waals surface area contributed by atoms with Crippen LogP contribution in [-0.2, 0) is 0 Å². The van der Waals surface area contributed by atoms with Crippen LogP contribution in [0.15, 0.2) is 0 Å². The molecule has 52 heavy (non-hydrogen) atoms. The Bertz CT molecular complexity index is 2670. The molecule has 20 heteroatoms. The van der Waals surface area contributed by atoms with E-state index in [1.165, 1.54) is 175 Å². The van der Waals surface area contributed by atoms with Gasteiger partial charge in [0.15, 0.2) is 0 Å². The molecule has 228 valence electrons. The fourth-order valence-electron chi connectivity index (χ4n) is 10.6. The second-order valence-corrected chi connectivity index (χ2v) is 17.0. The van der Waals surface area contributed by atoms with Crippen LogP contribution in [0.1, 0.15) is 0 Å². The van der Waals surface area contributed by atoms with Gasteiger partial charge in [-0.1, -0.05) is 60.1 Å². The van der Waals surface area contributed by atoms with Gasteiger partial charge in [-0.3, -0.25) is 0 Å². The van der Waals surface area contributed by atoms with Gasteiger partial charge < -0.3 is 0 Å². The quantitative estimate of drug-likeness (QED) is 0.130. The molecule has 0 unspecified atom stereocenters. The fraction of sp³-hybridized carbons (Fsp3) is 0. The van der Waals surface area contributed by atoms with E-state index in [0.29, 0.717) is 0 Å². The molecule has 0 fully saturated rings. The molecule has 0 saturated heterocycles.